The molecule has 0 unspecified atom stereocenters. The summed E-state index contributed by atoms with van der Waals surface area (Å²) in [5.41, 5.74) is 1.71. The lowest BCUT2D eigenvalue weighted by atomic mass is 10.0. The van der Waals surface area contributed by atoms with Gasteiger partial charge in [0, 0.05) is 16.3 Å². The van der Waals surface area contributed by atoms with E-state index in [-0.39, 0.29) is 16.9 Å². The van der Waals surface area contributed by atoms with Crippen molar-refractivity contribution in [1.82, 2.24) is 0 Å². The molecule has 26 heavy (non-hydrogen) atoms. The number of aromatic hydroxyl groups is 1. The van der Waals surface area contributed by atoms with Crippen LogP contribution in [-0.4, -0.2) is 24.1 Å². The van der Waals surface area contributed by atoms with Gasteiger partial charge in [0.1, 0.15) is 5.75 Å². The van der Waals surface area contributed by atoms with Crippen LogP contribution in [0.1, 0.15) is 12.5 Å². The number of carbonyl (C=O) groups is 2. The van der Waals surface area contributed by atoms with E-state index in [0.717, 1.165) is 0 Å². The molecule has 2 aromatic rings. The zero-order valence-electron chi connectivity index (χ0n) is 14.2. The molecule has 2 aromatic carbocycles. The van der Waals surface area contributed by atoms with E-state index < -0.39 is 11.9 Å². The number of para-hydroxylation sites is 1. The summed E-state index contributed by atoms with van der Waals surface area (Å²) in [6, 6.07) is 13.4. The fourth-order valence-corrected chi connectivity index (χ4v) is 3.06. The van der Waals surface area contributed by atoms with E-state index in [1.54, 1.807) is 49.4 Å². The van der Waals surface area contributed by atoms with Crippen molar-refractivity contribution in [3.8, 4) is 5.75 Å². The Balaban J connectivity index is 2.17. The first-order valence-corrected chi connectivity index (χ1v) is 8.21. The second kappa shape index (κ2) is 7.06. The van der Waals surface area contributed by atoms with Crippen LogP contribution in [-0.2, 0) is 14.3 Å². The number of amides is 1. The van der Waals surface area contributed by atoms with Gasteiger partial charge in [0.25, 0.3) is 5.91 Å². The number of halogens is 1. The minimum atomic E-state index is -0.623. The third-order valence-corrected chi connectivity index (χ3v) is 4.33. The third-order valence-electron chi connectivity index (χ3n) is 4.09. The average molecular weight is 370 g/mol. The van der Waals surface area contributed by atoms with E-state index in [4.69, 9.17) is 16.3 Å². The Kier molecular flexibility index (Phi) is 4.82. The minimum Gasteiger partial charge on any atom is -0.507 e. The predicted octanol–water partition coefficient (Wildman–Crippen LogP) is 3.92. The number of carbonyl (C=O) groups excluding carboxylic acids is 2. The van der Waals surface area contributed by atoms with E-state index in [1.807, 2.05) is 0 Å². The lowest BCUT2D eigenvalue weighted by Gasteiger charge is -2.18. The van der Waals surface area contributed by atoms with Crippen LogP contribution >= 0.6 is 11.6 Å². The number of hydrogen-bond acceptors (Lipinski definition) is 4. The molecule has 1 aliphatic rings. The van der Waals surface area contributed by atoms with Crippen molar-refractivity contribution >= 4 is 35.2 Å². The highest BCUT2D eigenvalue weighted by Gasteiger charge is 2.38. The first-order valence-electron chi connectivity index (χ1n) is 7.83. The summed E-state index contributed by atoms with van der Waals surface area (Å²) in [6.07, 6.45) is 1.48. The average Bonchev–Trinajstić information content (AvgIpc) is 2.86. The van der Waals surface area contributed by atoms with Gasteiger partial charge in [-0.1, -0.05) is 35.9 Å². The number of phenols is 1. The normalized spacial score (nSPS) is 15.7. The van der Waals surface area contributed by atoms with Gasteiger partial charge in [-0.3, -0.25) is 9.69 Å². The highest BCUT2D eigenvalue weighted by Crippen LogP contribution is 2.36. The van der Waals surface area contributed by atoms with Gasteiger partial charge in [0.15, 0.2) is 0 Å². The fraction of sp³-hybridized carbons (Fsp3) is 0.100. The zero-order valence-corrected chi connectivity index (χ0v) is 14.9. The standard InChI is InChI=1S/C20H16ClNO4/c1-12-18(20(25)26-2)16(10-13-6-3-4-9-17(13)23)19(24)22(12)15-8-5-7-14(21)11-15/h3-11,23H,1-2H3/b16-10-. The zero-order chi connectivity index (χ0) is 18.8. The maximum Gasteiger partial charge on any atom is 0.340 e. The molecule has 0 atom stereocenters. The summed E-state index contributed by atoms with van der Waals surface area (Å²) in [6.45, 7) is 1.66. The number of esters is 1. The Morgan fingerprint density at radius 2 is 1.92 bits per heavy atom. The molecule has 0 saturated heterocycles. The first kappa shape index (κ1) is 17.8. The smallest absolute Gasteiger partial charge is 0.340 e. The number of nitrogens with zero attached hydrogens (tertiary/aromatic N) is 1. The monoisotopic (exact) mass is 369 g/mol. The molecule has 6 heteroatoms. The van der Waals surface area contributed by atoms with Gasteiger partial charge < -0.3 is 9.84 Å². The molecule has 0 radical (unpaired) electrons. The summed E-state index contributed by atoms with van der Waals surface area (Å²) in [5.74, 6) is -1.01. The molecule has 0 aromatic heterocycles. The molecule has 0 fully saturated rings. The quantitative estimate of drug-likeness (QED) is 0.657. The molecule has 5 nitrogen and oxygen atoms in total. The molecule has 1 aliphatic heterocycles. The lowest BCUT2D eigenvalue weighted by molar-refractivity contribution is -0.136. The van der Waals surface area contributed by atoms with Crippen LogP contribution < -0.4 is 4.90 Å². The van der Waals surface area contributed by atoms with Crippen molar-refractivity contribution in [3.05, 3.63) is 76.0 Å². The van der Waals surface area contributed by atoms with Crippen LogP contribution in [0.2, 0.25) is 5.02 Å². The summed E-state index contributed by atoms with van der Waals surface area (Å²) < 4.78 is 4.85. The van der Waals surface area contributed by atoms with Crippen LogP contribution in [0.25, 0.3) is 6.08 Å². The third kappa shape index (κ3) is 3.09. The lowest BCUT2D eigenvalue weighted by Crippen LogP contribution is -2.24. The second-order valence-electron chi connectivity index (χ2n) is 5.69. The maximum atomic E-state index is 13.1. The molecule has 0 saturated carbocycles. The van der Waals surface area contributed by atoms with Crippen molar-refractivity contribution in [2.75, 3.05) is 12.0 Å². The van der Waals surface area contributed by atoms with Gasteiger partial charge in [-0.2, -0.15) is 0 Å². The Morgan fingerprint density at radius 1 is 1.19 bits per heavy atom. The molecule has 0 bridgehead atoms. The van der Waals surface area contributed by atoms with E-state index in [1.165, 1.54) is 24.2 Å². The van der Waals surface area contributed by atoms with Gasteiger partial charge in [-0.15, -0.1) is 0 Å². The molecule has 0 aliphatic carbocycles. The Bertz CT molecular complexity index is 962. The van der Waals surface area contributed by atoms with Crippen LogP contribution in [0.4, 0.5) is 5.69 Å². The first-order chi connectivity index (χ1) is 12.4. The fourth-order valence-electron chi connectivity index (χ4n) is 2.87. The van der Waals surface area contributed by atoms with Gasteiger partial charge in [0.05, 0.1) is 23.9 Å². The van der Waals surface area contributed by atoms with Gasteiger partial charge in [-0.25, -0.2) is 4.79 Å². The number of methoxy groups -OCH3 is 1. The van der Waals surface area contributed by atoms with Gasteiger partial charge in [-0.05, 0) is 37.3 Å². The molecule has 132 valence electrons. The van der Waals surface area contributed by atoms with Crippen molar-refractivity contribution in [3.63, 3.8) is 0 Å². The van der Waals surface area contributed by atoms with Crippen molar-refractivity contribution in [2.45, 2.75) is 6.92 Å². The van der Waals surface area contributed by atoms with Crippen molar-refractivity contribution in [1.29, 1.82) is 0 Å². The second-order valence-corrected chi connectivity index (χ2v) is 6.13. The SMILES string of the molecule is COC(=O)C1=C(C)N(c2cccc(Cl)c2)C(=O)/C1=C\c1ccccc1O. The predicted molar refractivity (Wildman–Crippen MR) is 99.7 cm³/mol. The molecule has 1 heterocycles. The van der Waals surface area contributed by atoms with E-state index >= 15 is 0 Å². The van der Waals surface area contributed by atoms with Crippen molar-refractivity contribution in [2.24, 2.45) is 0 Å². The number of hydrogen-bond donors (Lipinski definition) is 1. The van der Waals surface area contributed by atoms with Crippen LogP contribution in [0.15, 0.2) is 65.4 Å². The Morgan fingerprint density at radius 3 is 2.58 bits per heavy atom. The highest BCUT2D eigenvalue weighted by molar-refractivity contribution is 6.31. The number of ether oxygens (including phenoxy) is 1. The highest BCUT2D eigenvalue weighted by atomic mass is 35.5. The minimum absolute atomic E-state index is 0.0101. The van der Waals surface area contributed by atoms with E-state index in [0.29, 0.717) is 22.0 Å². The van der Waals surface area contributed by atoms with Crippen LogP contribution in [0.3, 0.4) is 0 Å². The van der Waals surface area contributed by atoms with Crippen molar-refractivity contribution < 1.29 is 19.4 Å². The topological polar surface area (TPSA) is 66.8 Å². The number of benzene rings is 2. The maximum absolute atomic E-state index is 13.1. The van der Waals surface area contributed by atoms with Crippen LogP contribution in [0.5, 0.6) is 5.75 Å². The number of phenolic OH excluding ortho intramolecular Hbond substituents is 1. The Hall–Kier alpha value is -3.05. The Labute approximate surface area is 155 Å². The van der Waals surface area contributed by atoms with Gasteiger partial charge in [0.2, 0.25) is 0 Å². The molecule has 1 N–H and O–H groups in total. The summed E-state index contributed by atoms with van der Waals surface area (Å²) in [4.78, 5) is 26.8. The summed E-state index contributed by atoms with van der Waals surface area (Å²) in [5, 5.41) is 10.5. The van der Waals surface area contributed by atoms with Crippen LogP contribution in [0, 0.1) is 0 Å². The summed E-state index contributed by atoms with van der Waals surface area (Å²) >= 11 is 6.04. The largest absolute Gasteiger partial charge is 0.507 e. The number of allylic oxidation sites excluding steroid dienone is 1. The molecule has 0 spiro atoms. The van der Waals surface area contributed by atoms with E-state index in [9.17, 15) is 14.7 Å². The number of rotatable bonds is 3. The van der Waals surface area contributed by atoms with E-state index in [2.05, 4.69) is 0 Å². The molecule has 3 rings (SSSR count). The molecule has 1 amide bonds. The van der Waals surface area contributed by atoms with Gasteiger partial charge >= 0.3 is 5.97 Å². The number of anilines is 1. The molecular formula is C20H16ClNO4. The molecular weight excluding hydrogens is 354 g/mol. The summed E-state index contributed by atoms with van der Waals surface area (Å²) in [7, 11) is 1.26.